The predicted octanol–water partition coefficient (Wildman–Crippen LogP) is -1.99. The van der Waals surface area contributed by atoms with Gasteiger partial charge in [-0.2, -0.15) is 11.8 Å². The summed E-state index contributed by atoms with van der Waals surface area (Å²) in [6.45, 7) is -0.685. The number of rotatable bonds is 12. The van der Waals surface area contributed by atoms with Gasteiger partial charge < -0.3 is 31.7 Å². The van der Waals surface area contributed by atoms with E-state index in [0.717, 1.165) is 0 Å². The first-order chi connectivity index (χ1) is 10.8. The van der Waals surface area contributed by atoms with Crippen molar-refractivity contribution < 1.29 is 34.5 Å². The molecule has 2 amide bonds. The molecule has 0 rings (SSSR count). The maximum atomic E-state index is 11.8. The minimum absolute atomic E-state index is 0. The molecule has 0 aliphatic rings. The van der Waals surface area contributed by atoms with Gasteiger partial charge in [-0.05, 0) is 6.42 Å². The zero-order chi connectivity index (χ0) is 17.8. The number of aliphatic hydroxyl groups excluding tert-OH is 1. The van der Waals surface area contributed by atoms with Gasteiger partial charge in [0.2, 0.25) is 11.8 Å². The van der Waals surface area contributed by atoms with E-state index in [9.17, 15) is 19.2 Å². The molecule has 0 aliphatic heterocycles. The second-order valence-electron chi connectivity index (χ2n) is 4.51. The highest BCUT2D eigenvalue weighted by Gasteiger charge is 2.22. The van der Waals surface area contributed by atoms with E-state index in [4.69, 9.17) is 21.1 Å². The average Bonchev–Trinajstić information content (AvgIpc) is 2.49. The second kappa shape index (κ2) is 13.8. The van der Waals surface area contributed by atoms with Gasteiger partial charge in [-0.25, -0.2) is 0 Å². The molecule has 0 heterocycles. The highest BCUT2D eigenvalue weighted by Crippen LogP contribution is 2.04. The number of aliphatic carboxylic acids is 2. The first kappa shape index (κ1) is 24.7. The third-order valence-electron chi connectivity index (χ3n) is 2.59. The first-order valence-corrected chi connectivity index (χ1v) is 7.89. The Morgan fingerprint density at radius 1 is 1.17 bits per heavy atom. The lowest BCUT2D eigenvalue weighted by molar-refractivity contribution is -0.139. The highest BCUT2D eigenvalue weighted by atomic mass is 35.5. The zero-order valence-electron chi connectivity index (χ0n) is 12.8. The summed E-state index contributed by atoms with van der Waals surface area (Å²) in [6, 6.07) is -2.16. The summed E-state index contributed by atoms with van der Waals surface area (Å²) in [5.41, 5.74) is 5.28. The minimum atomic E-state index is -1.23. The number of hydrogen-bond acceptors (Lipinski definition) is 7. The molecule has 140 valence electrons. The van der Waals surface area contributed by atoms with Gasteiger partial charge in [0, 0.05) is 17.9 Å². The van der Waals surface area contributed by atoms with Crippen molar-refractivity contribution in [2.75, 3.05) is 24.7 Å². The Morgan fingerprint density at radius 3 is 2.29 bits per heavy atom. The van der Waals surface area contributed by atoms with E-state index in [0.29, 0.717) is 5.75 Å². The Morgan fingerprint density at radius 2 is 1.79 bits per heavy atom. The Kier molecular flexibility index (Phi) is 14.2. The molecule has 2 unspecified atom stereocenters. The molecule has 0 saturated heterocycles. The topological polar surface area (TPSA) is 179 Å². The molecule has 0 spiro atoms. The first-order valence-electron chi connectivity index (χ1n) is 6.73. The molecule has 0 radical (unpaired) electrons. The zero-order valence-corrected chi connectivity index (χ0v) is 14.4. The van der Waals surface area contributed by atoms with Crippen molar-refractivity contribution in [2.24, 2.45) is 5.73 Å². The largest absolute Gasteiger partial charge is 0.480 e. The summed E-state index contributed by atoms with van der Waals surface area (Å²) in [7, 11) is 0. The third kappa shape index (κ3) is 11.9. The standard InChI is InChI=1S/C12H21N3O7S.ClH/c13-7(12(21)22)1-2-9(17)15-8(6-23-4-3-16)11(20)14-5-10(18)19;/h7-8,16H,1-6,13H2,(H,14,20)(H,15,17)(H,18,19)(H,21,22);1H. The molecule has 0 saturated carbocycles. The van der Waals surface area contributed by atoms with Crippen molar-refractivity contribution in [1.82, 2.24) is 10.6 Å². The van der Waals surface area contributed by atoms with Crippen LogP contribution >= 0.6 is 24.2 Å². The van der Waals surface area contributed by atoms with Crippen LogP contribution in [0.3, 0.4) is 0 Å². The Hall–Kier alpha value is -1.56. The SMILES string of the molecule is Cl.NC(CCC(=O)NC(CSCCO)C(=O)NCC(=O)O)C(=O)O. The molecule has 0 aromatic rings. The van der Waals surface area contributed by atoms with Gasteiger partial charge >= 0.3 is 11.9 Å². The maximum absolute atomic E-state index is 11.8. The maximum Gasteiger partial charge on any atom is 0.322 e. The third-order valence-corrected chi connectivity index (χ3v) is 3.63. The van der Waals surface area contributed by atoms with E-state index < -0.39 is 42.4 Å². The number of carbonyl (C=O) groups excluding carboxylic acids is 2. The molecule has 10 nitrogen and oxygen atoms in total. The summed E-state index contributed by atoms with van der Waals surface area (Å²) < 4.78 is 0. The van der Waals surface area contributed by atoms with Crippen LogP contribution in [0.5, 0.6) is 0 Å². The Balaban J connectivity index is 0. The Labute approximate surface area is 148 Å². The molecular weight excluding hydrogens is 366 g/mol. The fourth-order valence-electron chi connectivity index (χ4n) is 1.41. The number of nitrogens with one attached hydrogen (secondary N) is 2. The van der Waals surface area contributed by atoms with Crippen LogP contribution in [0.15, 0.2) is 0 Å². The summed E-state index contributed by atoms with van der Waals surface area (Å²) in [6.07, 6.45) is -0.269. The lowest BCUT2D eigenvalue weighted by Gasteiger charge is -2.18. The summed E-state index contributed by atoms with van der Waals surface area (Å²) in [5.74, 6) is -3.20. The monoisotopic (exact) mass is 387 g/mol. The van der Waals surface area contributed by atoms with Gasteiger partial charge in [0.25, 0.3) is 0 Å². The fraction of sp³-hybridized carbons (Fsp3) is 0.667. The van der Waals surface area contributed by atoms with Crippen LogP contribution < -0.4 is 16.4 Å². The van der Waals surface area contributed by atoms with Crippen molar-refractivity contribution in [1.29, 1.82) is 0 Å². The van der Waals surface area contributed by atoms with E-state index in [2.05, 4.69) is 10.6 Å². The van der Waals surface area contributed by atoms with E-state index in [-0.39, 0.29) is 37.6 Å². The fourth-order valence-corrected chi connectivity index (χ4v) is 2.18. The van der Waals surface area contributed by atoms with Gasteiger partial charge in [-0.15, -0.1) is 12.4 Å². The van der Waals surface area contributed by atoms with Crippen LogP contribution in [0.4, 0.5) is 0 Å². The molecule has 0 aromatic carbocycles. The van der Waals surface area contributed by atoms with Gasteiger partial charge in [0.05, 0.1) is 6.61 Å². The number of carboxylic acids is 2. The van der Waals surface area contributed by atoms with E-state index in [1.165, 1.54) is 11.8 Å². The normalized spacial score (nSPS) is 12.4. The number of amides is 2. The number of carbonyl (C=O) groups is 4. The van der Waals surface area contributed by atoms with Crippen LogP contribution in [-0.2, 0) is 19.2 Å². The average molecular weight is 388 g/mol. The lowest BCUT2D eigenvalue weighted by Crippen LogP contribution is -2.49. The van der Waals surface area contributed by atoms with Gasteiger partial charge in [-0.1, -0.05) is 0 Å². The smallest absolute Gasteiger partial charge is 0.322 e. The molecule has 24 heavy (non-hydrogen) atoms. The number of carboxylic acid groups (broad SMARTS) is 2. The van der Waals surface area contributed by atoms with Crippen molar-refractivity contribution in [3.63, 3.8) is 0 Å². The number of thioether (sulfide) groups is 1. The number of nitrogens with two attached hydrogens (primary N) is 1. The molecule has 2 atom stereocenters. The van der Waals surface area contributed by atoms with E-state index in [1.54, 1.807) is 0 Å². The summed E-state index contributed by atoms with van der Waals surface area (Å²) in [5, 5.41) is 30.4. The number of hydrogen-bond donors (Lipinski definition) is 6. The van der Waals surface area contributed by atoms with Gasteiger partial charge in [0.1, 0.15) is 18.6 Å². The van der Waals surface area contributed by atoms with Gasteiger partial charge in [0.15, 0.2) is 0 Å². The van der Waals surface area contributed by atoms with E-state index >= 15 is 0 Å². The van der Waals surface area contributed by atoms with Crippen LogP contribution in [-0.4, -0.2) is 75.8 Å². The number of halogens is 1. The summed E-state index contributed by atoms with van der Waals surface area (Å²) >= 11 is 1.20. The molecule has 0 fully saturated rings. The molecule has 12 heteroatoms. The Bertz CT molecular complexity index is 439. The van der Waals surface area contributed by atoms with Crippen LogP contribution in [0.2, 0.25) is 0 Å². The predicted molar refractivity (Wildman–Crippen MR) is 89.1 cm³/mol. The van der Waals surface area contributed by atoms with Crippen molar-refractivity contribution >= 4 is 47.9 Å². The molecule has 7 N–H and O–H groups in total. The van der Waals surface area contributed by atoms with Crippen molar-refractivity contribution in [2.45, 2.75) is 24.9 Å². The van der Waals surface area contributed by atoms with Crippen LogP contribution in [0, 0.1) is 0 Å². The molecular formula is C12H22ClN3O7S. The van der Waals surface area contributed by atoms with Gasteiger partial charge in [-0.3, -0.25) is 19.2 Å². The number of aliphatic hydroxyl groups is 1. The minimum Gasteiger partial charge on any atom is -0.480 e. The lowest BCUT2D eigenvalue weighted by atomic mass is 10.1. The molecule has 0 aliphatic carbocycles. The highest BCUT2D eigenvalue weighted by molar-refractivity contribution is 7.99. The van der Waals surface area contributed by atoms with Crippen LogP contribution in [0.1, 0.15) is 12.8 Å². The second-order valence-corrected chi connectivity index (χ2v) is 5.66. The molecule has 0 aromatic heterocycles. The van der Waals surface area contributed by atoms with Crippen molar-refractivity contribution in [3.05, 3.63) is 0 Å². The van der Waals surface area contributed by atoms with Crippen LogP contribution in [0.25, 0.3) is 0 Å². The summed E-state index contributed by atoms with van der Waals surface area (Å²) in [4.78, 5) is 44.6. The molecule has 0 bridgehead atoms. The van der Waals surface area contributed by atoms with Crippen molar-refractivity contribution in [3.8, 4) is 0 Å². The quantitative estimate of drug-likeness (QED) is 0.207. The van der Waals surface area contributed by atoms with E-state index in [1.807, 2.05) is 0 Å².